The molecule has 0 unspecified atom stereocenters. The second-order valence-corrected chi connectivity index (χ2v) is 4.52. The number of piperidine rings is 1. The van der Waals surface area contributed by atoms with Crippen molar-refractivity contribution >= 4 is 27.9 Å². The van der Waals surface area contributed by atoms with Crippen LogP contribution in [0, 0.1) is 0 Å². The molecule has 80 valence electrons. The van der Waals surface area contributed by atoms with Gasteiger partial charge >= 0.3 is 0 Å². The van der Waals surface area contributed by atoms with E-state index in [0.717, 1.165) is 25.1 Å². The van der Waals surface area contributed by atoms with Crippen LogP contribution in [0.2, 0.25) is 0 Å². The van der Waals surface area contributed by atoms with E-state index in [-0.39, 0.29) is 0 Å². The van der Waals surface area contributed by atoms with Crippen LogP contribution in [0.1, 0.15) is 29.8 Å². The first-order chi connectivity index (χ1) is 7.31. The summed E-state index contributed by atoms with van der Waals surface area (Å²) >= 11 is 3.27. The zero-order valence-corrected chi connectivity index (χ0v) is 10.0. The third-order valence-corrected chi connectivity index (χ3v) is 3.12. The molecule has 2 heterocycles. The topological polar surface area (TPSA) is 33.2 Å². The van der Waals surface area contributed by atoms with Crippen molar-refractivity contribution in [3.8, 4) is 0 Å². The first-order valence-corrected chi connectivity index (χ1v) is 5.97. The molecule has 0 amide bonds. The van der Waals surface area contributed by atoms with Gasteiger partial charge in [0, 0.05) is 13.1 Å². The highest BCUT2D eigenvalue weighted by Gasteiger charge is 2.15. The number of halogens is 1. The van der Waals surface area contributed by atoms with Crippen molar-refractivity contribution in [2.75, 3.05) is 18.0 Å². The molecule has 0 atom stereocenters. The lowest BCUT2D eigenvalue weighted by atomic mass is 10.1. The Balaban J connectivity index is 2.29. The molecule has 1 fully saturated rings. The number of rotatable bonds is 2. The summed E-state index contributed by atoms with van der Waals surface area (Å²) in [7, 11) is 0. The second-order valence-electron chi connectivity index (χ2n) is 3.70. The number of aldehydes is 1. The molecule has 3 nitrogen and oxygen atoms in total. The normalized spacial score (nSPS) is 16.5. The van der Waals surface area contributed by atoms with Crippen molar-refractivity contribution in [1.82, 2.24) is 4.98 Å². The van der Waals surface area contributed by atoms with Crippen LogP contribution in [0.5, 0.6) is 0 Å². The van der Waals surface area contributed by atoms with E-state index >= 15 is 0 Å². The molecule has 15 heavy (non-hydrogen) atoms. The molecule has 0 aliphatic carbocycles. The van der Waals surface area contributed by atoms with Crippen LogP contribution >= 0.6 is 15.9 Å². The second kappa shape index (κ2) is 4.75. The number of aromatic nitrogens is 1. The number of carbonyl (C=O) groups is 1. The van der Waals surface area contributed by atoms with E-state index < -0.39 is 0 Å². The Bertz CT molecular complexity index is 362. The lowest BCUT2D eigenvalue weighted by Crippen LogP contribution is -2.30. The van der Waals surface area contributed by atoms with E-state index in [9.17, 15) is 4.79 Å². The molecule has 1 aliphatic rings. The first-order valence-electron chi connectivity index (χ1n) is 5.18. The molecule has 0 saturated carbocycles. The maximum Gasteiger partial charge on any atom is 0.170 e. The predicted octanol–water partition coefficient (Wildman–Crippen LogP) is 2.65. The van der Waals surface area contributed by atoms with Crippen LogP contribution in [0.25, 0.3) is 0 Å². The van der Waals surface area contributed by atoms with E-state index in [1.54, 1.807) is 0 Å². The molecule has 1 aromatic heterocycles. The fourth-order valence-electron chi connectivity index (χ4n) is 1.93. The van der Waals surface area contributed by atoms with E-state index in [1.807, 2.05) is 12.1 Å². The van der Waals surface area contributed by atoms with Crippen molar-refractivity contribution in [2.45, 2.75) is 19.3 Å². The molecule has 0 N–H and O–H groups in total. The van der Waals surface area contributed by atoms with Gasteiger partial charge in [0.15, 0.2) is 6.29 Å². The fraction of sp³-hybridized carbons (Fsp3) is 0.455. The monoisotopic (exact) mass is 268 g/mol. The third-order valence-electron chi connectivity index (χ3n) is 2.68. The minimum Gasteiger partial charge on any atom is -0.370 e. The highest BCUT2D eigenvalue weighted by molar-refractivity contribution is 9.10. The summed E-state index contributed by atoms with van der Waals surface area (Å²) in [5.74, 6) is 0. The van der Waals surface area contributed by atoms with Crippen LogP contribution in [0.4, 0.5) is 5.69 Å². The largest absolute Gasteiger partial charge is 0.370 e. The number of hydrogen-bond acceptors (Lipinski definition) is 3. The average molecular weight is 269 g/mol. The van der Waals surface area contributed by atoms with Crippen molar-refractivity contribution < 1.29 is 4.79 Å². The number of hydrogen-bond donors (Lipinski definition) is 0. The van der Waals surface area contributed by atoms with Crippen molar-refractivity contribution in [3.05, 3.63) is 22.4 Å². The highest BCUT2D eigenvalue weighted by atomic mass is 79.9. The van der Waals surface area contributed by atoms with Gasteiger partial charge in [-0.05, 0) is 47.3 Å². The first kappa shape index (κ1) is 10.6. The SMILES string of the molecule is O=Cc1nc(Br)ccc1N1CCCCC1. The van der Waals surface area contributed by atoms with Gasteiger partial charge in [0.25, 0.3) is 0 Å². The Labute approximate surface area is 97.6 Å². The Hall–Kier alpha value is -0.900. The molecule has 1 saturated heterocycles. The predicted molar refractivity (Wildman–Crippen MR) is 63.4 cm³/mol. The smallest absolute Gasteiger partial charge is 0.170 e. The van der Waals surface area contributed by atoms with Gasteiger partial charge in [0.2, 0.25) is 0 Å². The van der Waals surface area contributed by atoms with Crippen LogP contribution in [0.3, 0.4) is 0 Å². The highest BCUT2D eigenvalue weighted by Crippen LogP contribution is 2.23. The maximum atomic E-state index is 10.9. The standard InChI is InChI=1S/C11H13BrN2O/c12-11-5-4-10(9(8-15)13-11)14-6-2-1-3-7-14/h4-5,8H,1-3,6-7H2. The molecule has 2 rings (SSSR count). The Morgan fingerprint density at radius 1 is 1.27 bits per heavy atom. The van der Waals surface area contributed by atoms with E-state index in [4.69, 9.17) is 0 Å². The third kappa shape index (κ3) is 2.37. The Kier molecular flexibility index (Phi) is 3.36. The van der Waals surface area contributed by atoms with Gasteiger partial charge in [0.1, 0.15) is 10.3 Å². The van der Waals surface area contributed by atoms with E-state index in [2.05, 4.69) is 25.8 Å². The van der Waals surface area contributed by atoms with Crippen LogP contribution in [-0.4, -0.2) is 24.4 Å². The van der Waals surface area contributed by atoms with Gasteiger partial charge in [-0.15, -0.1) is 0 Å². The fourth-order valence-corrected chi connectivity index (χ4v) is 2.25. The Morgan fingerprint density at radius 2 is 2.00 bits per heavy atom. The minimum atomic E-state index is 0.534. The van der Waals surface area contributed by atoms with Crippen LogP contribution in [0.15, 0.2) is 16.7 Å². The van der Waals surface area contributed by atoms with Crippen molar-refractivity contribution in [1.29, 1.82) is 0 Å². The van der Waals surface area contributed by atoms with Gasteiger partial charge in [-0.1, -0.05) is 0 Å². The van der Waals surface area contributed by atoms with E-state index in [1.165, 1.54) is 19.3 Å². The van der Waals surface area contributed by atoms with Crippen molar-refractivity contribution in [3.63, 3.8) is 0 Å². The lowest BCUT2D eigenvalue weighted by Gasteiger charge is -2.29. The van der Waals surface area contributed by atoms with Gasteiger partial charge in [-0.2, -0.15) is 0 Å². The molecular weight excluding hydrogens is 256 g/mol. The van der Waals surface area contributed by atoms with E-state index in [0.29, 0.717) is 10.3 Å². The maximum absolute atomic E-state index is 10.9. The number of carbonyl (C=O) groups excluding carboxylic acids is 1. The molecule has 0 spiro atoms. The summed E-state index contributed by atoms with van der Waals surface area (Å²) in [5.41, 5.74) is 1.50. The lowest BCUT2D eigenvalue weighted by molar-refractivity contribution is 0.111. The molecule has 4 heteroatoms. The Morgan fingerprint density at radius 3 is 2.67 bits per heavy atom. The minimum absolute atomic E-state index is 0.534. The van der Waals surface area contributed by atoms with Gasteiger partial charge in [-0.3, -0.25) is 4.79 Å². The number of pyridine rings is 1. The van der Waals surface area contributed by atoms with Crippen LogP contribution < -0.4 is 4.90 Å². The molecule has 1 aliphatic heterocycles. The quantitative estimate of drug-likeness (QED) is 0.611. The average Bonchev–Trinajstić information content (AvgIpc) is 2.30. The summed E-state index contributed by atoms with van der Waals surface area (Å²) in [4.78, 5) is 17.3. The number of nitrogens with zero attached hydrogens (tertiary/aromatic N) is 2. The summed E-state index contributed by atoms with van der Waals surface area (Å²) < 4.78 is 0.713. The zero-order chi connectivity index (χ0) is 10.7. The molecule has 0 aromatic carbocycles. The summed E-state index contributed by atoms with van der Waals surface area (Å²) in [6.07, 6.45) is 4.52. The zero-order valence-electron chi connectivity index (χ0n) is 8.45. The summed E-state index contributed by atoms with van der Waals surface area (Å²) in [6, 6.07) is 3.85. The van der Waals surface area contributed by atoms with Gasteiger partial charge in [-0.25, -0.2) is 4.98 Å². The number of anilines is 1. The molecule has 0 bridgehead atoms. The van der Waals surface area contributed by atoms with Gasteiger partial charge in [0.05, 0.1) is 5.69 Å². The summed E-state index contributed by atoms with van der Waals surface area (Å²) in [5, 5.41) is 0. The summed E-state index contributed by atoms with van der Waals surface area (Å²) in [6.45, 7) is 2.06. The molecular formula is C11H13BrN2O. The van der Waals surface area contributed by atoms with Crippen molar-refractivity contribution in [2.24, 2.45) is 0 Å². The molecule has 0 radical (unpaired) electrons. The molecule has 1 aromatic rings. The van der Waals surface area contributed by atoms with Crippen LogP contribution in [-0.2, 0) is 0 Å². The van der Waals surface area contributed by atoms with Gasteiger partial charge < -0.3 is 4.90 Å².